The van der Waals surface area contributed by atoms with E-state index in [1.54, 1.807) is 18.2 Å². The normalized spacial score (nSPS) is 11.7. The van der Waals surface area contributed by atoms with Crippen LogP contribution in [0.4, 0.5) is 5.69 Å². The number of nitro benzene ring substituents is 1. The van der Waals surface area contributed by atoms with Gasteiger partial charge in [0.05, 0.1) is 17.4 Å². The van der Waals surface area contributed by atoms with Crippen LogP contribution < -0.4 is 5.32 Å². The topological polar surface area (TPSA) is 72.2 Å². The van der Waals surface area contributed by atoms with Crippen LogP contribution >= 0.6 is 0 Å². The molecule has 0 aliphatic rings. The Kier molecular flexibility index (Phi) is 5.46. The minimum atomic E-state index is -0.458. The number of hydrogen-bond acceptors (Lipinski definition) is 3. The number of amides is 1. The van der Waals surface area contributed by atoms with Crippen molar-refractivity contribution in [2.24, 2.45) is 0 Å². The molecule has 1 amide bonds. The first-order valence-corrected chi connectivity index (χ1v) is 7.59. The number of aryl methyl sites for hydroxylation is 1. The molecule has 5 heteroatoms. The number of carbonyl (C=O) groups is 1. The predicted octanol–water partition coefficient (Wildman–Crippen LogP) is 3.71. The van der Waals surface area contributed by atoms with E-state index in [0.717, 1.165) is 17.5 Å². The van der Waals surface area contributed by atoms with Gasteiger partial charge in [-0.05, 0) is 18.9 Å². The number of nitrogens with zero attached hydrogens (tertiary/aromatic N) is 1. The van der Waals surface area contributed by atoms with Crippen molar-refractivity contribution in [3.8, 4) is 0 Å². The molecule has 0 aliphatic carbocycles. The van der Waals surface area contributed by atoms with Gasteiger partial charge in [-0.2, -0.15) is 0 Å². The molecule has 2 aromatic rings. The summed E-state index contributed by atoms with van der Waals surface area (Å²) in [5, 5.41) is 14.0. The molecule has 0 radical (unpaired) electrons. The van der Waals surface area contributed by atoms with Gasteiger partial charge in [0.25, 0.3) is 5.69 Å². The molecule has 2 aromatic carbocycles. The van der Waals surface area contributed by atoms with Gasteiger partial charge < -0.3 is 5.32 Å². The fourth-order valence-corrected chi connectivity index (χ4v) is 2.48. The first-order valence-electron chi connectivity index (χ1n) is 7.59. The minimum Gasteiger partial charge on any atom is -0.349 e. The Bertz CT molecular complexity index is 696. The highest BCUT2D eigenvalue weighted by Gasteiger charge is 2.18. The molecule has 0 spiro atoms. The summed E-state index contributed by atoms with van der Waals surface area (Å²) in [7, 11) is 0. The smallest absolute Gasteiger partial charge is 0.273 e. The Labute approximate surface area is 135 Å². The molecular formula is C18H20N2O3. The van der Waals surface area contributed by atoms with E-state index in [0.29, 0.717) is 5.56 Å². The van der Waals surface area contributed by atoms with Gasteiger partial charge in [-0.1, -0.05) is 55.0 Å². The second kappa shape index (κ2) is 7.54. The van der Waals surface area contributed by atoms with Crippen LogP contribution in [0.15, 0.2) is 48.5 Å². The fourth-order valence-electron chi connectivity index (χ4n) is 2.48. The number of nitro groups is 1. The third-order valence-corrected chi connectivity index (χ3v) is 3.76. The second-order valence-corrected chi connectivity index (χ2v) is 5.50. The fraction of sp³-hybridized carbons (Fsp3) is 0.278. The quantitative estimate of drug-likeness (QED) is 0.652. The Morgan fingerprint density at radius 3 is 2.43 bits per heavy atom. The molecular weight excluding hydrogens is 292 g/mol. The van der Waals surface area contributed by atoms with Crippen LogP contribution in [0.5, 0.6) is 0 Å². The molecule has 1 N–H and O–H groups in total. The summed E-state index contributed by atoms with van der Waals surface area (Å²) in [5.74, 6) is -0.216. The number of benzene rings is 2. The Balaban J connectivity index is 2.09. The summed E-state index contributed by atoms with van der Waals surface area (Å²) in [6, 6.07) is 14.2. The van der Waals surface area contributed by atoms with Crippen LogP contribution in [0.1, 0.15) is 36.1 Å². The van der Waals surface area contributed by atoms with E-state index < -0.39 is 4.92 Å². The van der Waals surface area contributed by atoms with Gasteiger partial charge >= 0.3 is 0 Å². The molecule has 0 saturated heterocycles. The van der Waals surface area contributed by atoms with Crippen LogP contribution in [0.3, 0.4) is 0 Å². The molecule has 0 aliphatic heterocycles. The lowest BCUT2D eigenvalue weighted by Gasteiger charge is -2.17. The first-order chi connectivity index (χ1) is 11.0. The van der Waals surface area contributed by atoms with E-state index in [4.69, 9.17) is 0 Å². The summed E-state index contributed by atoms with van der Waals surface area (Å²) < 4.78 is 0. The highest BCUT2D eigenvalue weighted by Crippen LogP contribution is 2.20. The average Bonchev–Trinajstić information content (AvgIpc) is 2.54. The molecule has 0 bridgehead atoms. The SMILES string of the molecule is CCC(NC(=O)Cc1ccccc1[N+](=O)[O-])c1ccc(C)cc1. The van der Waals surface area contributed by atoms with Gasteiger partial charge in [-0.3, -0.25) is 14.9 Å². The van der Waals surface area contributed by atoms with Gasteiger partial charge in [0, 0.05) is 11.6 Å². The van der Waals surface area contributed by atoms with Crippen LogP contribution in [-0.4, -0.2) is 10.8 Å². The number of carbonyl (C=O) groups excluding carboxylic acids is 1. The van der Waals surface area contributed by atoms with Gasteiger partial charge in [0.2, 0.25) is 5.91 Å². The minimum absolute atomic E-state index is 0.000481. The lowest BCUT2D eigenvalue weighted by atomic mass is 10.0. The van der Waals surface area contributed by atoms with Gasteiger partial charge in [0.15, 0.2) is 0 Å². The highest BCUT2D eigenvalue weighted by molar-refractivity contribution is 5.80. The first kappa shape index (κ1) is 16.7. The zero-order valence-electron chi connectivity index (χ0n) is 13.3. The molecule has 0 fully saturated rings. The van der Waals surface area contributed by atoms with E-state index in [-0.39, 0.29) is 24.1 Å². The summed E-state index contributed by atoms with van der Waals surface area (Å²) in [5.41, 5.74) is 2.60. The number of hydrogen-bond donors (Lipinski definition) is 1. The maximum atomic E-state index is 12.3. The summed E-state index contributed by atoms with van der Waals surface area (Å²) >= 11 is 0. The van der Waals surface area contributed by atoms with E-state index in [2.05, 4.69) is 5.32 Å². The van der Waals surface area contributed by atoms with E-state index in [9.17, 15) is 14.9 Å². The third kappa shape index (κ3) is 4.39. The molecule has 120 valence electrons. The van der Waals surface area contributed by atoms with Crippen molar-refractivity contribution >= 4 is 11.6 Å². The maximum absolute atomic E-state index is 12.3. The monoisotopic (exact) mass is 312 g/mol. The van der Waals surface area contributed by atoms with Gasteiger partial charge in [0.1, 0.15) is 0 Å². The summed E-state index contributed by atoms with van der Waals surface area (Å²) in [6.07, 6.45) is 0.755. The van der Waals surface area contributed by atoms with Crippen molar-refractivity contribution in [2.45, 2.75) is 32.7 Å². The van der Waals surface area contributed by atoms with Crippen LogP contribution in [-0.2, 0) is 11.2 Å². The summed E-state index contributed by atoms with van der Waals surface area (Å²) in [6.45, 7) is 4.01. The van der Waals surface area contributed by atoms with Crippen molar-refractivity contribution in [1.29, 1.82) is 0 Å². The summed E-state index contributed by atoms with van der Waals surface area (Å²) in [4.78, 5) is 22.8. The molecule has 0 saturated carbocycles. The van der Waals surface area contributed by atoms with Crippen molar-refractivity contribution in [1.82, 2.24) is 5.32 Å². The number of rotatable bonds is 6. The maximum Gasteiger partial charge on any atom is 0.273 e. The lowest BCUT2D eigenvalue weighted by molar-refractivity contribution is -0.385. The van der Waals surface area contributed by atoms with Crippen LogP contribution in [0.2, 0.25) is 0 Å². The van der Waals surface area contributed by atoms with E-state index in [1.807, 2.05) is 38.1 Å². The van der Waals surface area contributed by atoms with Crippen molar-refractivity contribution in [3.63, 3.8) is 0 Å². The predicted molar refractivity (Wildman–Crippen MR) is 89.2 cm³/mol. The molecule has 0 aromatic heterocycles. The van der Waals surface area contributed by atoms with E-state index >= 15 is 0 Å². The average molecular weight is 312 g/mol. The zero-order valence-corrected chi connectivity index (χ0v) is 13.3. The Hall–Kier alpha value is -2.69. The molecule has 23 heavy (non-hydrogen) atoms. The van der Waals surface area contributed by atoms with Gasteiger partial charge in [-0.15, -0.1) is 0 Å². The molecule has 5 nitrogen and oxygen atoms in total. The third-order valence-electron chi connectivity index (χ3n) is 3.76. The molecule has 2 rings (SSSR count). The molecule has 1 atom stereocenters. The van der Waals surface area contributed by atoms with Crippen molar-refractivity contribution in [3.05, 3.63) is 75.3 Å². The second-order valence-electron chi connectivity index (χ2n) is 5.50. The highest BCUT2D eigenvalue weighted by atomic mass is 16.6. The zero-order chi connectivity index (χ0) is 16.8. The van der Waals surface area contributed by atoms with Crippen molar-refractivity contribution in [2.75, 3.05) is 0 Å². The van der Waals surface area contributed by atoms with Crippen molar-refractivity contribution < 1.29 is 9.72 Å². The number of nitrogens with one attached hydrogen (secondary N) is 1. The number of para-hydroxylation sites is 1. The van der Waals surface area contributed by atoms with E-state index in [1.165, 1.54) is 6.07 Å². The van der Waals surface area contributed by atoms with Crippen LogP contribution in [0.25, 0.3) is 0 Å². The van der Waals surface area contributed by atoms with Crippen LogP contribution in [0, 0.1) is 17.0 Å². The largest absolute Gasteiger partial charge is 0.349 e. The molecule has 1 unspecified atom stereocenters. The lowest BCUT2D eigenvalue weighted by Crippen LogP contribution is -2.29. The Morgan fingerprint density at radius 2 is 1.83 bits per heavy atom. The Morgan fingerprint density at radius 1 is 1.17 bits per heavy atom. The van der Waals surface area contributed by atoms with Gasteiger partial charge in [-0.25, -0.2) is 0 Å². The molecule has 0 heterocycles. The standard InChI is InChI=1S/C18H20N2O3/c1-3-16(14-10-8-13(2)9-11-14)19-18(21)12-15-6-4-5-7-17(15)20(22)23/h4-11,16H,3,12H2,1-2H3,(H,19,21).